The number of hydrogen-bond donors (Lipinski definition) is 0. The largest absolute Gasteiger partial charge is 0.311 e. The second-order valence-corrected chi connectivity index (χ2v) is 4.30. The Labute approximate surface area is 112 Å². The van der Waals surface area contributed by atoms with Crippen LogP contribution in [0.4, 0.5) is 5.69 Å². The second-order valence-electron chi connectivity index (χ2n) is 4.30. The molecule has 0 aromatic heterocycles. The highest BCUT2D eigenvalue weighted by molar-refractivity contribution is 6.10. The number of carbonyl (C=O) groups excluding carboxylic acids is 2. The Balaban J connectivity index is 2.38. The zero-order chi connectivity index (χ0) is 13.8. The van der Waals surface area contributed by atoms with Gasteiger partial charge < -0.3 is 4.90 Å². The average Bonchev–Trinajstić information content (AvgIpc) is 2.46. The van der Waals surface area contributed by atoms with E-state index in [2.05, 4.69) is 0 Å². The first-order valence-electron chi connectivity index (χ1n) is 6.04. The molecule has 0 N–H and O–H groups in total. The van der Waals surface area contributed by atoms with Crippen molar-refractivity contribution in [1.29, 1.82) is 0 Å². The predicted molar refractivity (Wildman–Crippen MR) is 75.6 cm³/mol. The number of rotatable bonds is 3. The topological polar surface area (TPSA) is 37.4 Å². The Morgan fingerprint density at radius 2 is 1.47 bits per heavy atom. The van der Waals surface area contributed by atoms with Crippen molar-refractivity contribution >= 4 is 17.4 Å². The molecule has 3 heteroatoms. The van der Waals surface area contributed by atoms with Crippen LogP contribution in [-0.4, -0.2) is 18.7 Å². The molecule has 19 heavy (non-hydrogen) atoms. The molecule has 0 saturated carbocycles. The van der Waals surface area contributed by atoms with E-state index < -0.39 is 0 Å². The van der Waals surface area contributed by atoms with Gasteiger partial charge in [-0.3, -0.25) is 9.59 Å². The average molecular weight is 253 g/mol. The molecule has 1 amide bonds. The van der Waals surface area contributed by atoms with Crippen molar-refractivity contribution in [3.05, 3.63) is 65.7 Å². The number of hydrogen-bond acceptors (Lipinski definition) is 2. The molecular formula is C16H15NO2. The lowest BCUT2D eigenvalue weighted by Gasteiger charge is -2.19. The molecule has 0 spiro atoms. The Morgan fingerprint density at radius 3 is 2.11 bits per heavy atom. The van der Waals surface area contributed by atoms with Crippen LogP contribution in [0.3, 0.4) is 0 Å². The van der Waals surface area contributed by atoms with E-state index in [9.17, 15) is 9.59 Å². The van der Waals surface area contributed by atoms with Crippen molar-refractivity contribution in [3.63, 3.8) is 0 Å². The third kappa shape index (κ3) is 2.71. The monoisotopic (exact) mass is 253 g/mol. The van der Waals surface area contributed by atoms with Crippen LogP contribution in [-0.2, 0) is 0 Å². The van der Waals surface area contributed by atoms with Crippen LogP contribution in [0.1, 0.15) is 27.6 Å². The lowest BCUT2D eigenvalue weighted by atomic mass is 10.1. The minimum absolute atomic E-state index is 0.0525. The van der Waals surface area contributed by atoms with Gasteiger partial charge in [-0.1, -0.05) is 30.3 Å². The predicted octanol–water partition coefficient (Wildman–Crippen LogP) is 3.17. The van der Waals surface area contributed by atoms with Crippen molar-refractivity contribution in [2.45, 2.75) is 6.92 Å². The number of ketones is 1. The lowest BCUT2D eigenvalue weighted by Crippen LogP contribution is -2.27. The summed E-state index contributed by atoms with van der Waals surface area (Å²) in [5.41, 5.74) is 1.78. The number of para-hydroxylation sites is 1. The first-order valence-corrected chi connectivity index (χ1v) is 6.04. The molecule has 0 saturated heterocycles. The van der Waals surface area contributed by atoms with Crippen molar-refractivity contribution in [1.82, 2.24) is 0 Å². The van der Waals surface area contributed by atoms with Gasteiger partial charge in [-0.15, -0.1) is 0 Å². The number of amides is 1. The fourth-order valence-electron chi connectivity index (χ4n) is 1.95. The normalized spacial score (nSPS) is 10.0. The van der Waals surface area contributed by atoms with E-state index in [4.69, 9.17) is 0 Å². The van der Waals surface area contributed by atoms with Gasteiger partial charge in [0.05, 0.1) is 5.69 Å². The molecule has 0 bridgehead atoms. The number of carbonyl (C=O) groups is 2. The molecular weight excluding hydrogens is 238 g/mol. The molecule has 2 aromatic carbocycles. The van der Waals surface area contributed by atoms with Crippen LogP contribution in [0.25, 0.3) is 0 Å². The third-order valence-electron chi connectivity index (χ3n) is 2.97. The Bertz CT molecular complexity index is 605. The van der Waals surface area contributed by atoms with Gasteiger partial charge in [-0.2, -0.15) is 0 Å². The maximum atomic E-state index is 12.3. The molecule has 0 radical (unpaired) electrons. The number of benzene rings is 2. The maximum Gasteiger partial charge on any atom is 0.258 e. The first kappa shape index (κ1) is 13.0. The minimum atomic E-state index is -0.130. The van der Waals surface area contributed by atoms with E-state index in [1.807, 2.05) is 24.3 Å². The highest BCUT2D eigenvalue weighted by Crippen LogP contribution is 2.21. The zero-order valence-corrected chi connectivity index (χ0v) is 11.0. The Kier molecular flexibility index (Phi) is 3.76. The third-order valence-corrected chi connectivity index (χ3v) is 2.97. The minimum Gasteiger partial charge on any atom is -0.311 e. The summed E-state index contributed by atoms with van der Waals surface area (Å²) in [6.45, 7) is 1.50. The van der Waals surface area contributed by atoms with E-state index in [-0.39, 0.29) is 11.7 Å². The molecule has 0 atom stereocenters. The van der Waals surface area contributed by atoms with Crippen molar-refractivity contribution in [2.75, 3.05) is 11.9 Å². The summed E-state index contributed by atoms with van der Waals surface area (Å²) in [6, 6.07) is 16.1. The number of Topliss-reactive ketones (excluding diaryl/α,β-unsaturated/α-hetero) is 1. The molecule has 0 heterocycles. The van der Waals surface area contributed by atoms with E-state index in [0.29, 0.717) is 16.8 Å². The highest BCUT2D eigenvalue weighted by atomic mass is 16.2. The van der Waals surface area contributed by atoms with E-state index in [1.54, 1.807) is 37.4 Å². The van der Waals surface area contributed by atoms with Gasteiger partial charge in [-0.25, -0.2) is 0 Å². The van der Waals surface area contributed by atoms with Gasteiger partial charge >= 0.3 is 0 Å². The fraction of sp³-hybridized carbons (Fsp3) is 0.125. The van der Waals surface area contributed by atoms with Crippen LogP contribution in [0.5, 0.6) is 0 Å². The quantitative estimate of drug-likeness (QED) is 0.788. The van der Waals surface area contributed by atoms with Crippen molar-refractivity contribution < 1.29 is 9.59 Å². The summed E-state index contributed by atoms with van der Waals surface area (Å²) >= 11 is 0. The van der Waals surface area contributed by atoms with Crippen molar-refractivity contribution in [2.24, 2.45) is 0 Å². The van der Waals surface area contributed by atoms with Crippen LogP contribution in [0, 0.1) is 0 Å². The van der Waals surface area contributed by atoms with Crippen LogP contribution < -0.4 is 4.90 Å². The van der Waals surface area contributed by atoms with Gasteiger partial charge in [-0.05, 0) is 31.2 Å². The second kappa shape index (κ2) is 5.48. The Morgan fingerprint density at radius 1 is 0.895 bits per heavy atom. The molecule has 3 nitrogen and oxygen atoms in total. The van der Waals surface area contributed by atoms with E-state index in [0.717, 1.165) is 0 Å². The van der Waals surface area contributed by atoms with Crippen LogP contribution in [0.15, 0.2) is 54.6 Å². The van der Waals surface area contributed by atoms with E-state index in [1.165, 1.54) is 11.8 Å². The Hall–Kier alpha value is -2.42. The van der Waals surface area contributed by atoms with Gasteiger partial charge in [0.15, 0.2) is 5.78 Å². The number of nitrogens with zero attached hydrogens (tertiary/aromatic N) is 1. The molecule has 0 unspecified atom stereocenters. The summed E-state index contributed by atoms with van der Waals surface area (Å²) in [6.07, 6.45) is 0. The molecule has 2 aromatic rings. The van der Waals surface area contributed by atoms with Crippen LogP contribution >= 0.6 is 0 Å². The standard InChI is InChI=1S/C16H15NO2/c1-12(18)14-10-6-7-11-15(14)17(2)16(19)13-8-4-3-5-9-13/h3-11H,1-2H3. The highest BCUT2D eigenvalue weighted by Gasteiger charge is 2.17. The fourth-order valence-corrected chi connectivity index (χ4v) is 1.95. The van der Waals surface area contributed by atoms with Crippen LogP contribution in [0.2, 0.25) is 0 Å². The summed E-state index contributed by atoms with van der Waals surface area (Å²) in [5, 5.41) is 0. The molecule has 96 valence electrons. The number of anilines is 1. The van der Waals surface area contributed by atoms with Gasteiger partial charge in [0.1, 0.15) is 0 Å². The first-order chi connectivity index (χ1) is 9.11. The van der Waals surface area contributed by atoms with Gasteiger partial charge in [0.25, 0.3) is 5.91 Å². The lowest BCUT2D eigenvalue weighted by molar-refractivity contribution is 0.0993. The SMILES string of the molecule is CC(=O)c1ccccc1N(C)C(=O)c1ccccc1. The summed E-state index contributed by atoms with van der Waals surface area (Å²) in [5.74, 6) is -0.183. The smallest absolute Gasteiger partial charge is 0.258 e. The molecule has 2 rings (SSSR count). The zero-order valence-electron chi connectivity index (χ0n) is 11.0. The van der Waals surface area contributed by atoms with E-state index >= 15 is 0 Å². The molecule has 0 aliphatic heterocycles. The maximum absolute atomic E-state index is 12.3. The molecule has 0 aliphatic rings. The summed E-state index contributed by atoms with van der Waals surface area (Å²) in [4.78, 5) is 25.4. The molecule has 0 aliphatic carbocycles. The van der Waals surface area contributed by atoms with Gasteiger partial charge in [0, 0.05) is 18.2 Å². The summed E-state index contributed by atoms with van der Waals surface area (Å²) in [7, 11) is 1.68. The molecule has 0 fully saturated rings. The summed E-state index contributed by atoms with van der Waals surface area (Å²) < 4.78 is 0. The van der Waals surface area contributed by atoms with Gasteiger partial charge in [0.2, 0.25) is 0 Å². The van der Waals surface area contributed by atoms with Crippen molar-refractivity contribution in [3.8, 4) is 0 Å².